The van der Waals surface area contributed by atoms with Gasteiger partial charge in [-0.1, -0.05) is 6.07 Å². The molecule has 1 aromatic carbocycles. The fourth-order valence-electron chi connectivity index (χ4n) is 1.55. The van der Waals surface area contributed by atoms with E-state index >= 15 is 0 Å². The molecular formula is C14H15BrN2O2S. The van der Waals surface area contributed by atoms with Gasteiger partial charge in [0.05, 0.1) is 3.79 Å². The number of carbonyl (C=O) groups is 1. The van der Waals surface area contributed by atoms with Crippen LogP contribution >= 0.6 is 27.3 Å². The Hall–Kier alpha value is -1.53. The third-order valence-electron chi connectivity index (χ3n) is 2.58. The van der Waals surface area contributed by atoms with Gasteiger partial charge >= 0.3 is 0 Å². The van der Waals surface area contributed by atoms with Crippen molar-refractivity contribution in [2.75, 3.05) is 19.0 Å². The van der Waals surface area contributed by atoms with Crippen LogP contribution in [0.3, 0.4) is 0 Å². The molecule has 2 aromatic rings. The van der Waals surface area contributed by atoms with Gasteiger partial charge in [0.15, 0.2) is 6.61 Å². The number of likely N-dealkylation sites (N-methyl/N-ethyl adjacent to an activating group) is 1. The molecule has 2 rings (SSSR count). The first kappa shape index (κ1) is 14.9. The molecule has 6 heteroatoms. The molecule has 1 heterocycles. The van der Waals surface area contributed by atoms with Crippen molar-refractivity contribution in [3.8, 4) is 5.75 Å². The molecular weight excluding hydrogens is 340 g/mol. The van der Waals surface area contributed by atoms with Crippen LogP contribution in [0.25, 0.3) is 0 Å². The van der Waals surface area contributed by atoms with Gasteiger partial charge in [0.25, 0.3) is 5.91 Å². The predicted octanol–water partition coefficient (Wildman–Crippen LogP) is 3.25. The van der Waals surface area contributed by atoms with Crippen molar-refractivity contribution in [1.29, 1.82) is 0 Å². The fraction of sp³-hybridized carbons (Fsp3) is 0.214. The standard InChI is InChI=1S/C14H15BrN2O2S/c1-16-14(18)9-19-11-4-2-3-10(7-11)17-8-12-5-6-13(15)20-12/h2-7,17H,8-9H2,1H3,(H,16,18). The van der Waals surface area contributed by atoms with Gasteiger partial charge in [-0.05, 0) is 40.2 Å². The number of halogens is 1. The van der Waals surface area contributed by atoms with Gasteiger partial charge in [0.1, 0.15) is 5.75 Å². The van der Waals surface area contributed by atoms with Gasteiger partial charge in [0.2, 0.25) is 0 Å². The zero-order valence-corrected chi connectivity index (χ0v) is 13.4. The maximum atomic E-state index is 11.1. The molecule has 0 aliphatic carbocycles. The lowest BCUT2D eigenvalue weighted by Gasteiger charge is -2.08. The minimum atomic E-state index is -0.146. The number of amides is 1. The summed E-state index contributed by atoms with van der Waals surface area (Å²) in [6.45, 7) is 0.785. The number of ether oxygens (including phenoxy) is 1. The van der Waals surface area contributed by atoms with Crippen molar-refractivity contribution in [1.82, 2.24) is 5.32 Å². The van der Waals surface area contributed by atoms with E-state index in [4.69, 9.17) is 4.74 Å². The number of anilines is 1. The van der Waals surface area contributed by atoms with E-state index in [9.17, 15) is 4.79 Å². The Morgan fingerprint density at radius 2 is 2.20 bits per heavy atom. The van der Waals surface area contributed by atoms with Crippen LogP contribution in [0.2, 0.25) is 0 Å². The molecule has 0 fully saturated rings. The Bertz CT molecular complexity index is 586. The quantitative estimate of drug-likeness (QED) is 0.836. The van der Waals surface area contributed by atoms with Crippen LogP contribution in [0.15, 0.2) is 40.2 Å². The van der Waals surface area contributed by atoms with E-state index in [1.807, 2.05) is 30.3 Å². The summed E-state index contributed by atoms with van der Waals surface area (Å²) in [5.41, 5.74) is 0.962. The normalized spacial score (nSPS) is 10.1. The topological polar surface area (TPSA) is 50.4 Å². The predicted molar refractivity (Wildman–Crippen MR) is 85.3 cm³/mol. The van der Waals surface area contributed by atoms with Crippen molar-refractivity contribution in [3.05, 3.63) is 45.1 Å². The number of thiophene rings is 1. The lowest BCUT2D eigenvalue weighted by molar-refractivity contribution is -0.122. The Labute approximate surface area is 130 Å². The zero-order valence-electron chi connectivity index (χ0n) is 11.0. The maximum Gasteiger partial charge on any atom is 0.257 e. The van der Waals surface area contributed by atoms with Crippen LogP contribution in [0.1, 0.15) is 4.88 Å². The summed E-state index contributed by atoms with van der Waals surface area (Å²) in [6, 6.07) is 11.7. The van der Waals surface area contributed by atoms with Crippen molar-refractivity contribution < 1.29 is 9.53 Å². The largest absolute Gasteiger partial charge is 0.484 e. The Kier molecular flexibility index (Phi) is 5.43. The Morgan fingerprint density at radius 3 is 2.90 bits per heavy atom. The molecule has 0 aliphatic heterocycles. The van der Waals surface area contributed by atoms with Gasteiger partial charge in [-0.25, -0.2) is 0 Å². The maximum absolute atomic E-state index is 11.1. The second-order valence-corrected chi connectivity index (χ2v) is 6.60. The smallest absolute Gasteiger partial charge is 0.257 e. The number of hydrogen-bond acceptors (Lipinski definition) is 4. The molecule has 20 heavy (non-hydrogen) atoms. The highest BCUT2D eigenvalue weighted by molar-refractivity contribution is 9.11. The van der Waals surface area contributed by atoms with Crippen molar-refractivity contribution in [2.45, 2.75) is 6.54 Å². The van der Waals surface area contributed by atoms with Gasteiger partial charge in [-0.2, -0.15) is 0 Å². The van der Waals surface area contributed by atoms with Crippen LogP contribution in [-0.2, 0) is 11.3 Å². The minimum absolute atomic E-state index is 0.0256. The highest BCUT2D eigenvalue weighted by Crippen LogP contribution is 2.23. The minimum Gasteiger partial charge on any atom is -0.484 e. The summed E-state index contributed by atoms with van der Waals surface area (Å²) < 4.78 is 6.52. The molecule has 0 saturated carbocycles. The second kappa shape index (κ2) is 7.31. The molecule has 1 aromatic heterocycles. The third kappa shape index (κ3) is 4.54. The van der Waals surface area contributed by atoms with Crippen molar-refractivity contribution >= 4 is 38.9 Å². The summed E-state index contributed by atoms with van der Waals surface area (Å²) in [5.74, 6) is 0.526. The lowest BCUT2D eigenvalue weighted by Crippen LogP contribution is -2.24. The highest BCUT2D eigenvalue weighted by Gasteiger charge is 2.02. The highest BCUT2D eigenvalue weighted by atomic mass is 79.9. The van der Waals surface area contributed by atoms with E-state index in [1.165, 1.54) is 4.88 Å². The Balaban J connectivity index is 1.90. The average Bonchev–Trinajstić information content (AvgIpc) is 2.88. The van der Waals surface area contributed by atoms with Crippen LogP contribution < -0.4 is 15.4 Å². The molecule has 4 nitrogen and oxygen atoms in total. The van der Waals surface area contributed by atoms with E-state index in [0.29, 0.717) is 5.75 Å². The van der Waals surface area contributed by atoms with E-state index in [-0.39, 0.29) is 12.5 Å². The van der Waals surface area contributed by atoms with E-state index in [0.717, 1.165) is 16.0 Å². The van der Waals surface area contributed by atoms with Crippen molar-refractivity contribution in [3.63, 3.8) is 0 Å². The summed E-state index contributed by atoms with van der Waals surface area (Å²) in [4.78, 5) is 12.4. The molecule has 0 radical (unpaired) electrons. The van der Waals surface area contributed by atoms with E-state index in [2.05, 4.69) is 32.6 Å². The number of carbonyl (C=O) groups excluding carboxylic acids is 1. The Morgan fingerprint density at radius 1 is 1.35 bits per heavy atom. The summed E-state index contributed by atoms with van der Waals surface area (Å²) in [6.07, 6.45) is 0. The molecule has 1 amide bonds. The zero-order chi connectivity index (χ0) is 14.4. The number of benzene rings is 1. The number of nitrogens with one attached hydrogen (secondary N) is 2. The molecule has 0 unspecified atom stereocenters. The monoisotopic (exact) mass is 354 g/mol. The first-order valence-electron chi connectivity index (χ1n) is 6.09. The summed E-state index contributed by atoms with van der Waals surface area (Å²) in [5, 5.41) is 5.84. The summed E-state index contributed by atoms with van der Waals surface area (Å²) >= 11 is 5.14. The van der Waals surface area contributed by atoms with Crippen LogP contribution in [0.4, 0.5) is 5.69 Å². The van der Waals surface area contributed by atoms with Crippen LogP contribution in [0.5, 0.6) is 5.75 Å². The second-order valence-electron chi connectivity index (χ2n) is 4.05. The number of hydrogen-bond donors (Lipinski definition) is 2. The van der Waals surface area contributed by atoms with Crippen LogP contribution in [-0.4, -0.2) is 19.6 Å². The van der Waals surface area contributed by atoms with E-state index < -0.39 is 0 Å². The SMILES string of the molecule is CNC(=O)COc1cccc(NCc2ccc(Br)s2)c1. The fourth-order valence-corrected chi connectivity index (χ4v) is 2.98. The molecule has 0 aliphatic rings. The first-order chi connectivity index (χ1) is 9.67. The third-order valence-corrected chi connectivity index (χ3v) is 4.20. The van der Waals surface area contributed by atoms with Gasteiger partial charge < -0.3 is 15.4 Å². The van der Waals surface area contributed by atoms with Gasteiger partial charge in [-0.15, -0.1) is 11.3 Å². The lowest BCUT2D eigenvalue weighted by atomic mass is 10.3. The molecule has 2 N–H and O–H groups in total. The number of rotatable bonds is 6. The van der Waals surface area contributed by atoms with E-state index in [1.54, 1.807) is 18.4 Å². The van der Waals surface area contributed by atoms with Gasteiger partial charge in [-0.3, -0.25) is 4.79 Å². The average molecular weight is 355 g/mol. The molecule has 106 valence electrons. The van der Waals surface area contributed by atoms with Crippen LogP contribution in [0, 0.1) is 0 Å². The summed E-state index contributed by atoms with van der Waals surface area (Å²) in [7, 11) is 1.59. The molecule has 0 bridgehead atoms. The molecule has 0 atom stereocenters. The van der Waals surface area contributed by atoms with Gasteiger partial charge in [0, 0.05) is 30.2 Å². The molecule has 0 saturated heterocycles. The van der Waals surface area contributed by atoms with Crippen molar-refractivity contribution in [2.24, 2.45) is 0 Å². The first-order valence-corrected chi connectivity index (χ1v) is 7.70. The molecule has 0 spiro atoms.